The molecule has 0 heterocycles. The molecule has 156 valence electrons. The molecule has 0 unspecified atom stereocenters. The van der Waals surface area contributed by atoms with Crippen molar-refractivity contribution in [2.75, 3.05) is 4.31 Å². The van der Waals surface area contributed by atoms with E-state index in [2.05, 4.69) is 22.9 Å². The first-order valence-corrected chi connectivity index (χ1v) is 12.1. The Kier molecular flexibility index (Phi) is 7.10. The second-order valence-corrected chi connectivity index (χ2v) is 9.87. The Morgan fingerprint density at radius 2 is 1.63 bits per heavy atom. The van der Waals surface area contributed by atoms with Gasteiger partial charge in [0.2, 0.25) is 0 Å². The van der Waals surface area contributed by atoms with Crippen molar-refractivity contribution in [1.29, 1.82) is 0 Å². The van der Waals surface area contributed by atoms with Crippen molar-refractivity contribution in [3.63, 3.8) is 0 Å². The van der Waals surface area contributed by atoms with E-state index in [4.69, 9.17) is 0 Å². The molecule has 0 radical (unpaired) electrons. The van der Waals surface area contributed by atoms with Crippen LogP contribution >= 0.6 is 15.9 Å². The molecule has 3 aromatic rings. The molecule has 0 aliphatic carbocycles. The molecule has 0 aliphatic heterocycles. The number of nitrogens with zero attached hydrogens (tertiary/aromatic N) is 1. The van der Waals surface area contributed by atoms with Crippen LogP contribution in [0.5, 0.6) is 0 Å². The lowest BCUT2D eigenvalue weighted by Gasteiger charge is -2.23. The Morgan fingerprint density at radius 3 is 2.23 bits per heavy atom. The first-order valence-electron chi connectivity index (χ1n) is 9.84. The molecule has 0 atom stereocenters. The van der Waals surface area contributed by atoms with Crippen molar-refractivity contribution in [3.8, 4) is 0 Å². The maximum atomic E-state index is 13.5. The molecule has 0 saturated carbocycles. The maximum absolute atomic E-state index is 13.5. The Bertz CT molecular complexity index is 1120. The normalized spacial score (nSPS) is 11.3. The molecule has 0 bridgehead atoms. The van der Waals surface area contributed by atoms with Gasteiger partial charge in [0, 0.05) is 10.0 Å². The number of hydrogen-bond acceptors (Lipinski definition) is 3. The molecule has 4 nitrogen and oxygen atoms in total. The summed E-state index contributed by atoms with van der Waals surface area (Å²) in [5.41, 5.74) is 2.67. The molecule has 0 aliphatic rings. The lowest BCUT2D eigenvalue weighted by molar-refractivity contribution is 0.101. The number of hydrogen-bond donors (Lipinski definition) is 0. The minimum Gasteiger partial charge on any atom is -0.268 e. The van der Waals surface area contributed by atoms with Gasteiger partial charge in [-0.1, -0.05) is 65.2 Å². The largest absolute Gasteiger partial charge is 0.272 e. The summed E-state index contributed by atoms with van der Waals surface area (Å²) in [6.45, 7) is 4.01. The lowest BCUT2D eigenvalue weighted by atomic mass is 10.1. The van der Waals surface area contributed by atoms with E-state index in [-0.39, 0.29) is 10.5 Å². The first-order chi connectivity index (χ1) is 14.3. The summed E-state index contributed by atoms with van der Waals surface area (Å²) in [4.78, 5) is 13.4. The monoisotopic (exact) mass is 485 g/mol. The summed E-state index contributed by atoms with van der Waals surface area (Å²) in [7, 11) is -4.09. The maximum Gasteiger partial charge on any atom is 0.272 e. The summed E-state index contributed by atoms with van der Waals surface area (Å²) in [6, 6.07) is 20.4. The predicted molar refractivity (Wildman–Crippen MR) is 124 cm³/mol. The van der Waals surface area contributed by atoms with Gasteiger partial charge in [0.05, 0.1) is 10.6 Å². The highest BCUT2D eigenvalue weighted by Gasteiger charge is 2.32. The van der Waals surface area contributed by atoms with E-state index >= 15 is 0 Å². The highest BCUT2D eigenvalue weighted by atomic mass is 79.9. The minimum absolute atomic E-state index is 0.0755. The number of unbranched alkanes of at least 4 members (excludes halogenated alkanes) is 1. The SMILES string of the molecule is CCCCc1ccc(N(C(=O)c2cccc(Br)c2)S(=O)(=O)c2ccc(C)cc2)cc1. The number of aryl methyl sites for hydroxylation is 2. The van der Waals surface area contributed by atoms with E-state index < -0.39 is 15.9 Å². The van der Waals surface area contributed by atoms with Gasteiger partial charge in [0.1, 0.15) is 0 Å². The van der Waals surface area contributed by atoms with Crippen molar-refractivity contribution in [2.45, 2.75) is 38.0 Å². The van der Waals surface area contributed by atoms with Gasteiger partial charge in [-0.05, 0) is 67.8 Å². The van der Waals surface area contributed by atoms with E-state index in [1.807, 2.05) is 19.1 Å². The minimum atomic E-state index is -4.09. The summed E-state index contributed by atoms with van der Waals surface area (Å²) in [5, 5.41) is 0. The highest BCUT2D eigenvalue weighted by Crippen LogP contribution is 2.27. The fourth-order valence-corrected chi connectivity index (χ4v) is 4.91. The Morgan fingerprint density at radius 1 is 0.967 bits per heavy atom. The third-order valence-corrected chi connectivity index (χ3v) is 7.02. The number of rotatable bonds is 7. The molecule has 0 saturated heterocycles. The number of amides is 1. The van der Waals surface area contributed by atoms with Gasteiger partial charge in [-0.25, -0.2) is 8.42 Å². The standard InChI is InChI=1S/C24H24BrNO3S/c1-3-4-6-19-11-13-22(14-12-19)26(24(27)20-7-5-8-21(25)17-20)30(28,29)23-15-9-18(2)10-16-23/h5,7-17H,3-4,6H2,1-2H3. The van der Waals surface area contributed by atoms with E-state index in [0.29, 0.717) is 10.2 Å². The summed E-state index contributed by atoms with van der Waals surface area (Å²) in [6.07, 6.45) is 3.06. The molecular weight excluding hydrogens is 462 g/mol. The van der Waals surface area contributed by atoms with Crippen molar-refractivity contribution in [2.24, 2.45) is 0 Å². The molecule has 1 amide bonds. The van der Waals surface area contributed by atoms with Crippen LogP contribution in [-0.4, -0.2) is 14.3 Å². The van der Waals surface area contributed by atoms with Crippen LogP contribution in [0.1, 0.15) is 41.3 Å². The highest BCUT2D eigenvalue weighted by molar-refractivity contribution is 9.10. The molecule has 3 aromatic carbocycles. The van der Waals surface area contributed by atoms with Crippen LogP contribution < -0.4 is 4.31 Å². The quantitative estimate of drug-likeness (QED) is 0.403. The van der Waals surface area contributed by atoms with Crippen molar-refractivity contribution < 1.29 is 13.2 Å². The van der Waals surface area contributed by atoms with E-state index in [9.17, 15) is 13.2 Å². The zero-order chi connectivity index (χ0) is 21.7. The van der Waals surface area contributed by atoms with Crippen LogP contribution in [-0.2, 0) is 16.4 Å². The lowest BCUT2D eigenvalue weighted by Crippen LogP contribution is -2.37. The fraction of sp³-hybridized carbons (Fsp3) is 0.208. The number of carbonyl (C=O) groups is 1. The number of sulfonamides is 1. The van der Waals surface area contributed by atoms with Gasteiger partial charge in [0.15, 0.2) is 0 Å². The van der Waals surface area contributed by atoms with Crippen LogP contribution in [0.4, 0.5) is 5.69 Å². The van der Waals surface area contributed by atoms with E-state index in [1.165, 1.54) is 12.1 Å². The molecule has 0 spiro atoms. The topological polar surface area (TPSA) is 54.5 Å². The Labute approximate surface area is 186 Å². The van der Waals surface area contributed by atoms with Crippen LogP contribution in [0.15, 0.2) is 82.2 Å². The van der Waals surface area contributed by atoms with Crippen molar-refractivity contribution in [3.05, 3.63) is 94.0 Å². The van der Waals surface area contributed by atoms with Gasteiger partial charge >= 0.3 is 0 Å². The third-order valence-electron chi connectivity index (χ3n) is 4.81. The van der Waals surface area contributed by atoms with Crippen molar-refractivity contribution in [1.82, 2.24) is 0 Å². The average Bonchev–Trinajstić information content (AvgIpc) is 2.73. The predicted octanol–water partition coefficient (Wildman–Crippen LogP) is 6.14. The first kappa shape index (κ1) is 22.2. The molecule has 3 rings (SSSR count). The zero-order valence-electron chi connectivity index (χ0n) is 17.0. The van der Waals surface area contributed by atoms with Gasteiger partial charge in [0.25, 0.3) is 15.9 Å². The number of halogens is 1. The smallest absolute Gasteiger partial charge is 0.268 e. The van der Waals surface area contributed by atoms with Gasteiger partial charge < -0.3 is 0 Å². The van der Waals surface area contributed by atoms with Gasteiger partial charge in [-0.15, -0.1) is 0 Å². The van der Waals surface area contributed by atoms with Crippen LogP contribution in [0.3, 0.4) is 0 Å². The summed E-state index contributed by atoms with van der Waals surface area (Å²) >= 11 is 3.35. The average molecular weight is 486 g/mol. The summed E-state index contributed by atoms with van der Waals surface area (Å²) < 4.78 is 28.6. The molecule has 0 aromatic heterocycles. The summed E-state index contributed by atoms with van der Waals surface area (Å²) in [5.74, 6) is -0.599. The van der Waals surface area contributed by atoms with Gasteiger partial charge in [-0.3, -0.25) is 4.79 Å². The van der Waals surface area contributed by atoms with E-state index in [0.717, 1.165) is 34.7 Å². The fourth-order valence-electron chi connectivity index (χ4n) is 3.10. The van der Waals surface area contributed by atoms with Gasteiger partial charge in [-0.2, -0.15) is 4.31 Å². The molecule has 0 N–H and O–H groups in total. The van der Waals surface area contributed by atoms with Crippen LogP contribution in [0.2, 0.25) is 0 Å². The molecule has 30 heavy (non-hydrogen) atoms. The number of carbonyl (C=O) groups excluding carboxylic acids is 1. The van der Waals surface area contributed by atoms with Crippen molar-refractivity contribution >= 4 is 37.5 Å². The van der Waals surface area contributed by atoms with Crippen LogP contribution in [0, 0.1) is 6.92 Å². The van der Waals surface area contributed by atoms with E-state index in [1.54, 1.807) is 48.5 Å². The Balaban J connectivity index is 2.08. The molecular formula is C24H24BrNO3S. The second-order valence-electron chi connectivity index (χ2n) is 7.17. The van der Waals surface area contributed by atoms with Crippen LogP contribution in [0.25, 0.3) is 0 Å². The number of anilines is 1. The molecule has 0 fully saturated rings. The second kappa shape index (κ2) is 9.58. The molecule has 6 heteroatoms. The number of benzene rings is 3. The third kappa shape index (κ3) is 4.99. The Hall–Kier alpha value is -2.44. The zero-order valence-corrected chi connectivity index (χ0v) is 19.4.